The van der Waals surface area contributed by atoms with Crippen LogP contribution >= 0.6 is 24.4 Å². The van der Waals surface area contributed by atoms with Gasteiger partial charge in [0.05, 0.1) is 11.5 Å². The summed E-state index contributed by atoms with van der Waals surface area (Å²) in [7, 11) is 0. The summed E-state index contributed by atoms with van der Waals surface area (Å²) in [5, 5.41) is 23.3. The maximum absolute atomic E-state index is 12.0. The van der Waals surface area contributed by atoms with E-state index in [1.165, 1.54) is 0 Å². The minimum atomic E-state index is -1.63. The number of ether oxygens (including phenoxy) is 1. The van der Waals surface area contributed by atoms with Gasteiger partial charge in [-0.2, -0.15) is 0 Å². The van der Waals surface area contributed by atoms with E-state index in [0.29, 0.717) is 0 Å². The van der Waals surface area contributed by atoms with Crippen LogP contribution in [0, 0.1) is 5.41 Å². The van der Waals surface area contributed by atoms with Gasteiger partial charge < -0.3 is 14.9 Å². The molecule has 0 aromatic heterocycles. The first-order valence-electron chi connectivity index (χ1n) is 14.0. The summed E-state index contributed by atoms with van der Waals surface area (Å²) in [5.41, 5.74) is 0.716. The molecule has 0 amide bonds. The normalized spacial score (nSPS) is 17.3. The fourth-order valence-corrected chi connectivity index (χ4v) is 7.47. The molecule has 3 nitrogen and oxygen atoms in total. The monoisotopic (exact) mass is 582 g/mol. The first-order valence-corrected chi connectivity index (χ1v) is 14.8. The Morgan fingerprint density at radius 1 is 0.512 bits per heavy atom. The van der Waals surface area contributed by atoms with Crippen LogP contribution in [0.5, 0.6) is 0 Å². The average molecular weight is 583 g/mol. The fraction of sp³-hybridized carbons (Fsp3) is 0.278. The van der Waals surface area contributed by atoms with Gasteiger partial charge in [-0.3, -0.25) is 0 Å². The standard InChI is InChI=1S/C36H38O3S2/c1-25(29-17-9-5-10-18-29)35(33(37)40,26(2)30-19-11-6-12-20-30)36(34(38)41,27(3)31-21-13-7-14-22-31)39-28(4)32-23-15-8-16-24-32/h5-28H,1-4H3,(H,37,40)(H,38,41). The van der Waals surface area contributed by atoms with Gasteiger partial charge in [0.2, 0.25) is 0 Å². The molecule has 0 saturated carbocycles. The van der Waals surface area contributed by atoms with Crippen LogP contribution < -0.4 is 0 Å². The molecule has 4 aromatic carbocycles. The van der Waals surface area contributed by atoms with E-state index >= 15 is 0 Å². The minimum absolute atomic E-state index is 0.260. The molecule has 41 heavy (non-hydrogen) atoms. The molecule has 5 unspecified atom stereocenters. The predicted octanol–water partition coefficient (Wildman–Crippen LogP) is 9.67. The van der Waals surface area contributed by atoms with Crippen LogP contribution in [-0.2, 0) is 4.74 Å². The average Bonchev–Trinajstić information content (AvgIpc) is 3.01. The summed E-state index contributed by atoms with van der Waals surface area (Å²) in [4.78, 5) is 0. The van der Waals surface area contributed by atoms with Crippen LogP contribution in [0.2, 0.25) is 0 Å². The number of hydrogen-bond donors (Lipinski definition) is 2. The lowest BCUT2D eigenvalue weighted by atomic mass is 9.51. The molecule has 2 N–H and O–H groups in total. The van der Waals surface area contributed by atoms with Crippen molar-refractivity contribution in [3.8, 4) is 0 Å². The van der Waals surface area contributed by atoms with E-state index in [4.69, 9.17) is 29.2 Å². The number of aliphatic hydroxyl groups is 2. The number of rotatable bonds is 12. The second kappa shape index (κ2) is 13.1. The van der Waals surface area contributed by atoms with Crippen molar-refractivity contribution in [3.63, 3.8) is 0 Å². The van der Waals surface area contributed by atoms with Crippen molar-refractivity contribution in [2.45, 2.75) is 57.2 Å². The van der Waals surface area contributed by atoms with Crippen LogP contribution in [0.3, 0.4) is 0 Å². The maximum atomic E-state index is 12.0. The van der Waals surface area contributed by atoms with Crippen molar-refractivity contribution in [2.75, 3.05) is 0 Å². The van der Waals surface area contributed by atoms with E-state index in [0.717, 1.165) is 22.3 Å². The molecule has 0 aliphatic rings. The number of thiocarbonyl (C=S) groups is 2. The molecule has 212 valence electrons. The van der Waals surface area contributed by atoms with Crippen LogP contribution in [0.25, 0.3) is 0 Å². The van der Waals surface area contributed by atoms with Gasteiger partial charge in [0, 0.05) is 5.92 Å². The van der Waals surface area contributed by atoms with E-state index in [2.05, 4.69) is 0 Å². The van der Waals surface area contributed by atoms with Crippen LogP contribution in [0.4, 0.5) is 0 Å². The zero-order valence-electron chi connectivity index (χ0n) is 24.0. The summed E-state index contributed by atoms with van der Waals surface area (Å²) < 4.78 is 7.18. The maximum Gasteiger partial charge on any atom is 0.191 e. The Labute approximate surface area is 254 Å². The smallest absolute Gasteiger partial charge is 0.191 e. The summed E-state index contributed by atoms with van der Waals surface area (Å²) in [6.07, 6.45) is -0.493. The molecule has 5 atom stereocenters. The molecular formula is C36H38O3S2. The quantitative estimate of drug-likeness (QED) is 0.163. The van der Waals surface area contributed by atoms with Gasteiger partial charge in [-0.25, -0.2) is 0 Å². The Balaban J connectivity index is 2.12. The van der Waals surface area contributed by atoms with E-state index in [1.807, 2.05) is 149 Å². The summed E-state index contributed by atoms with van der Waals surface area (Å²) in [6, 6.07) is 39.6. The largest absolute Gasteiger partial charge is 0.501 e. The van der Waals surface area contributed by atoms with Gasteiger partial charge in [0.25, 0.3) is 0 Å². The lowest BCUT2D eigenvalue weighted by Crippen LogP contribution is -2.66. The van der Waals surface area contributed by atoms with Crippen molar-refractivity contribution in [2.24, 2.45) is 5.41 Å². The third-order valence-corrected chi connectivity index (χ3v) is 9.43. The Morgan fingerprint density at radius 2 is 0.829 bits per heavy atom. The SMILES string of the molecule is CC(OC(C(O)=S)(C(C)c1ccccc1)C(C(O)=S)(C(C)c1ccccc1)C(C)c1ccccc1)c1ccccc1. The Hall–Kier alpha value is -3.38. The van der Waals surface area contributed by atoms with E-state index in [9.17, 15) is 10.2 Å². The predicted molar refractivity (Wildman–Crippen MR) is 176 cm³/mol. The molecule has 4 rings (SSSR count). The third-order valence-electron chi connectivity index (χ3n) is 8.79. The molecule has 0 heterocycles. The lowest BCUT2D eigenvalue weighted by Gasteiger charge is -2.57. The topological polar surface area (TPSA) is 49.7 Å². The van der Waals surface area contributed by atoms with Crippen LogP contribution in [0.1, 0.15) is 73.8 Å². The molecule has 0 bridgehead atoms. The fourth-order valence-electron chi connectivity index (χ4n) is 6.57. The van der Waals surface area contributed by atoms with Crippen LogP contribution in [0.15, 0.2) is 121 Å². The van der Waals surface area contributed by atoms with Gasteiger partial charge in [-0.05, 0) is 65.4 Å². The second-order valence-electron chi connectivity index (χ2n) is 10.8. The highest BCUT2D eigenvalue weighted by molar-refractivity contribution is 7.80. The van der Waals surface area contributed by atoms with Crippen molar-refractivity contribution >= 4 is 34.5 Å². The highest BCUT2D eigenvalue weighted by Crippen LogP contribution is 2.61. The zero-order chi connectivity index (χ0) is 29.6. The summed E-state index contributed by atoms with van der Waals surface area (Å²) in [6.45, 7) is 8.03. The molecule has 4 aromatic rings. The Kier molecular flexibility index (Phi) is 9.75. The molecule has 0 aliphatic heterocycles. The molecular weight excluding hydrogens is 545 g/mol. The number of hydrogen-bond acceptors (Lipinski definition) is 3. The highest BCUT2D eigenvalue weighted by Gasteiger charge is 2.67. The summed E-state index contributed by atoms with van der Waals surface area (Å²) in [5.74, 6) is -1.35. The molecule has 0 radical (unpaired) electrons. The van der Waals surface area contributed by atoms with Crippen molar-refractivity contribution in [1.82, 2.24) is 0 Å². The van der Waals surface area contributed by atoms with E-state index in [-0.39, 0.29) is 10.1 Å². The van der Waals surface area contributed by atoms with Gasteiger partial charge in [-0.1, -0.05) is 142 Å². The number of benzene rings is 4. The molecule has 5 heteroatoms. The van der Waals surface area contributed by atoms with Crippen molar-refractivity contribution in [1.29, 1.82) is 0 Å². The van der Waals surface area contributed by atoms with Crippen LogP contribution in [-0.4, -0.2) is 25.9 Å². The van der Waals surface area contributed by atoms with Crippen molar-refractivity contribution in [3.05, 3.63) is 144 Å². The zero-order valence-corrected chi connectivity index (χ0v) is 25.6. The first kappa shape index (κ1) is 30.6. The molecule has 0 fully saturated rings. The van der Waals surface area contributed by atoms with Gasteiger partial charge in [-0.15, -0.1) is 0 Å². The first-order chi connectivity index (χ1) is 19.7. The third kappa shape index (κ3) is 5.59. The summed E-state index contributed by atoms with van der Waals surface area (Å²) >= 11 is 11.7. The minimum Gasteiger partial charge on any atom is -0.501 e. The molecule has 0 spiro atoms. The Bertz CT molecular complexity index is 1380. The highest BCUT2D eigenvalue weighted by atomic mass is 32.1. The van der Waals surface area contributed by atoms with E-state index in [1.54, 1.807) is 0 Å². The van der Waals surface area contributed by atoms with Gasteiger partial charge in [0.1, 0.15) is 0 Å². The Morgan fingerprint density at radius 3 is 1.15 bits per heavy atom. The van der Waals surface area contributed by atoms with Gasteiger partial charge in [0.15, 0.2) is 15.7 Å². The lowest BCUT2D eigenvalue weighted by molar-refractivity contribution is -0.134. The molecule has 0 saturated heterocycles. The number of aliphatic hydroxyl groups excluding tert-OH is 2. The van der Waals surface area contributed by atoms with E-state index < -0.39 is 34.9 Å². The van der Waals surface area contributed by atoms with Gasteiger partial charge >= 0.3 is 0 Å². The second-order valence-corrected chi connectivity index (χ2v) is 11.6. The van der Waals surface area contributed by atoms with Crippen molar-refractivity contribution < 1.29 is 14.9 Å². The molecule has 0 aliphatic carbocycles.